The zero-order valence-corrected chi connectivity index (χ0v) is 17.9. The van der Waals surface area contributed by atoms with Crippen molar-refractivity contribution in [3.63, 3.8) is 0 Å². The highest BCUT2D eigenvalue weighted by molar-refractivity contribution is 5.97. The van der Waals surface area contributed by atoms with Gasteiger partial charge in [0.15, 0.2) is 0 Å². The monoisotopic (exact) mass is 405 g/mol. The predicted octanol–water partition coefficient (Wildman–Crippen LogP) is 1.50. The number of nitrogens with zero attached hydrogens (tertiary/aromatic N) is 3. The molecular weight excluding hydrogens is 376 g/mol. The van der Waals surface area contributed by atoms with Gasteiger partial charge in [-0.25, -0.2) is 4.98 Å². The van der Waals surface area contributed by atoms with E-state index in [1.54, 1.807) is 21.7 Å². The van der Waals surface area contributed by atoms with Crippen LogP contribution in [0.2, 0.25) is 0 Å². The Hall–Kier alpha value is -2.99. The predicted molar refractivity (Wildman–Crippen MR) is 118 cm³/mol. The second kappa shape index (κ2) is 8.40. The Bertz CT molecular complexity index is 1110. The third-order valence-corrected chi connectivity index (χ3v) is 6.22. The van der Waals surface area contributed by atoms with Crippen LogP contribution in [-0.2, 0) is 6.54 Å². The van der Waals surface area contributed by atoms with Crippen molar-refractivity contribution in [2.45, 2.75) is 32.4 Å². The molecule has 1 fully saturated rings. The zero-order valence-electron chi connectivity index (χ0n) is 17.9. The van der Waals surface area contributed by atoms with E-state index >= 15 is 0 Å². The molecule has 0 atom stereocenters. The van der Waals surface area contributed by atoms with Crippen LogP contribution >= 0.6 is 0 Å². The summed E-state index contributed by atoms with van der Waals surface area (Å²) in [5, 5.41) is 0.800. The fourth-order valence-electron chi connectivity index (χ4n) is 4.22. The minimum Gasteiger partial charge on any atom is -0.338 e. The van der Waals surface area contributed by atoms with Crippen LogP contribution < -0.4 is 10.5 Å². The Morgan fingerprint density at radius 1 is 1.20 bits per heavy atom. The number of benzene rings is 1. The van der Waals surface area contributed by atoms with Gasteiger partial charge >= 0.3 is 0 Å². The number of hydrogen-bond donors (Lipinski definition) is 1. The Kier molecular flexibility index (Phi) is 5.68. The topological polar surface area (TPSA) is 59.6 Å². The number of rotatable bonds is 4. The normalized spacial score (nSPS) is 19.0. The molecule has 1 aromatic carbocycles. The van der Waals surface area contributed by atoms with Gasteiger partial charge in [0.1, 0.15) is 11.2 Å². The van der Waals surface area contributed by atoms with Crippen LogP contribution in [0.4, 0.5) is 0 Å². The van der Waals surface area contributed by atoms with E-state index < -0.39 is 0 Å². The van der Waals surface area contributed by atoms with Gasteiger partial charge < -0.3 is 9.80 Å². The van der Waals surface area contributed by atoms with Crippen LogP contribution in [0.5, 0.6) is 0 Å². The first-order valence-corrected chi connectivity index (χ1v) is 10.6. The Balaban J connectivity index is 1.73. The molecule has 0 aliphatic carbocycles. The largest absolute Gasteiger partial charge is 0.338 e. The third kappa shape index (κ3) is 4.00. The molecular formula is C24H29N4O2+. The number of quaternary nitrogens is 1. The highest BCUT2D eigenvalue weighted by atomic mass is 16.2. The fraction of sp³-hybridized carbons (Fsp3) is 0.375. The molecule has 4 rings (SSSR count). The van der Waals surface area contributed by atoms with Gasteiger partial charge in [-0.2, -0.15) is 0 Å². The molecule has 2 aromatic heterocycles. The van der Waals surface area contributed by atoms with Crippen molar-refractivity contribution in [1.82, 2.24) is 14.5 Å². The number of pyridine rings is 2. The summed E-state index contributed by atoms with van der Waals surface area (Å²) in [6, 6.07) is 13.7. The number of aromatic nitrogens is 2. The molecule has 30 heavy (non-hydrogen) atoms. The lowest BCUT2D eigenvalue weighted by atomic mass is 10.0. The summed E-state index contributed by atoms with van der Waals surface area (Å²) >= 11 is 0. The molecule has 0 spiro atoms. The van der Waals surface area contributed by atoms with Gasteiger partial charge in [0.05, 0.1) is 26.7 Å². The number of piperidine rings is 1. The van der Waals surface area contributed by atoms with Crippen LogP contribution in [0.1, 0.15) is 34.3 Å². The molecule has 0 saturated carbocycles. The van der Waals surface area contributed by atoms with E-state index in [0.29, 0.717) is 12.2 Å². The summed E-state index contributed by atoms with van der Waals surface area (Å²) in [5.74, 6) is -0.201. The third-order valence-electron chi connectivity index (χ3n) is 6.22. The Labute approximate surface area is 176 Å². The van der Waals surface area contributed by atoms with E-state index in [2.05, 4.69) is 12.0 Å². The summed E-state index contributed by atoms with van der Waals surface area (Å²) < 4.78 is 1.62. The van der Waals surface area contributed by atoms with Crippen LogP contribution in [0.3, 0.4) is 0 Å². The molecule has 0 unspecified atom stereocenters. The van der Waals surface area contributed by atoms with Gasteiger partial charge in [0, 0.05) is 37.5 Å². The average Bonchev–Trinajstić information content (AvgIpc) is 2.76. The van der Waals surface area contributed by atoms with Crippen molar-refractivity contribution in [3.05, 3.63) is 75.7 Å². The number of amides is 1. The fourth-order valence-corrected chi connectivity index (χ4v) is 4.22. The SMILES string of the molecule is Cc1ccc(Cn2c(=O)c(C(=O)N(C)C3CC[NH+](C)CC3)cc3cccnc32)cc1. The first kappa shape index (κ1) is 20.3. The van der Waals surface area contributed by atoms with E-state index in [1.807, 2.05) is 50.4 Å². The maximum Gasteiger partial charge on any atom is 0.265 e. The molecule has 1 aliphatic rings. The lowest BCUT2D eigenvalue weighted by Crippen LogP contribution is -3.10. The minimum absolute atomic E-state index is 0.177. The molecule has 6 nitrogen and oxygen atoms in total. The van der Waals surface area contributed by atoms with Gasteiger partial charge in [0.2, 0.25) is 0 Å². The number of fused-ring (bicyclic) bond motifs is 1. The molecule has 6 heteroatoms. The van der Waals surface area contributed by atoms with Crippen LogP contribution in [0.15, 0.2) is 53.5 Å². The second-order valence-corrected chi connectivity index (χ2v) is 8.46. The molecule has 3 aromatic rings. The Morgan fingerprint density at radius 2 is 1.90 bits per heavy atom. The molecule has 1 N–H and O–H groups in total. The van der Waals surface area contributed by atoms with E-state index in [1.165, 1.54) is 10.5 Å². The summed E-state index contributed by atoms with van der Waals surface area (Å²) in [7, 11) is 4.00. The lowest BCUT2D eigenvalue weighted by molar-refractivity contribution is -0.885. The lowest BCUT2D eigenvalue weighted by Gasteiger charge is -2.33. The number of carbonyl (C=O) groups excluding carboxylic acids is 1. The number of nitrogens with one attached hydrogen (secondary N) is 1. The van der Waals surface area contributed by atoms with Crippen molar-refractivity contribution in [2.24, 2.45) is 0 Å². The van der Waals surface area contributed by atoms with Gasteiger partial charge in [-0.3, -0.25) is 14.2 Å². The number of hydrogen-bond acceptors (Lipinski definition) is 3. The summed E-state index contributed by atoms with van der Waals surface area (Å²) in [5.41, 5.74) is 2.71. The molecule has 1 amide bonds. The van der Waals surface area contributed by atoms with Crippen molar-refractivity contribution < 1.29 is 9.69 Å². The molecule has 1 aliphatic heterocycles. The van der Waals surface area contributed by atoms with E-state index in [0.717, 1.165) is 36.9 Å². The molecule has 3 heterocycles. The van der Waals surface area contributed by atoms with Gasteiger partial charge in [0.25, 0.3) is 11.5 Å². The molecule has 1 saturated heterocycles. The Morgan fingerprint density at radius 3 is 2.60 bits per heavy atom. The number of aryl methyl sites for hydroxylation is 1. The van der Waals surface area contributed by atoms with Crippen molar-refractivity contribution in [3.8, 4) is 0 Å². The van der Waals surface area contributed by atoms with Crippen molar-refractivity contribution in [2.75, 3.05) is 27.2 Å². The van der Waals surface area contributed by atoms with E-state index in [9.17, 15) is 9.59 Å². The van der Waals surface area contributed by atoms with Gasteiger partial charge in [-0.1, -0.05) is 29.8 Å². The molecule has 0 radical (unpaired) electrons. The first-order valence-electron chi connectivity index (χ1n) is 10.6. The highest BCUT2D eigenvalue weighted by Gasteiger charge is 2.28. The first-order chi connectivity index (χ1) is 14.4. The zero-order chi connectivity index (χ0) is 21.3. The maximum atomic E-state index is 13.4. The van der Waals surface area contributed by atoms with Crippen LogP contribution in [0.25, 0.3) is 11.0 Å². The van der Waals surface area contributed by atoms with E-state index in [-0.39, 0.29) is 23.1 Å². The van der Waals surface area contributed by atoms with E-state index in [4.69, 9.17) is 0 Å². The quantitative estimate of drug-likeness (QED) is 0.716. The van der Waals surface area contributed by atoms with Crippen LogP contribution in [0, 0.1) is 6.92 Å². The average molecular weight is 406 g/mol. The second-order valence-electron chi connectivity index (χ2n) is 8.46. The van der Waals surface area contributed by atoms with Crippen LogP contribution in [-0.4, -0.2) is 53.6 Å². The maximum absolute atomic E-state index is 13.4. The highest BCUT2D eigenvalue weighted by Crippen LogP contribution is 2.16. The summed E-state index contributed by atoms with van der Waals surface area (Å²) in [4.78, 5) is 34.4. The number of carbonyl (C=O) groups is 1. The van der Waals surface area contributed by atoms with Crippen molar-refractivity contribution in [1.29, 1.82) is 0 Å². The van der Waals surface area contributed by atoms with Crippen molar-refractivity contribution >= 4 is 16.9 Å². The summed E-state index contributed by atoms with van der Waals surface area (Å²) in [6.07, 6.45) is 3.60. The standard InChI is InChI=1S/C24H28N4O2/c1-17-6-8-18(9-7-17)16-28-22-19(5-4-12-25-22)15-21(24(28)30)23(29)27(3)20-10-13-26(2)14-11-20/h4-9,12,15,20H,10-11,13-14,16H2,1-3H3/p+1. The summed E-state index contributed by atoms with van der Waals surface area (Å²) in [6.45, 7) is 4.50. The molecule has 0 bridgehead atoms. The minimum atomic E-state index is -0.280. The number of likely N-dealkylation sites (tertiary alicyclic amines) is 1. The van der Waals surface area contributed by atoms with Gasteiger partial charge in [-0.05, 0) is 30.7 Å². The smallest absolute Gasteiger partial charge is 0.265 e. The molecule has 156 valence electrons. The van der Waals surface area contributed by atoms with Gasteiger partial charge in [-0.15, -0.1) is 0 Å².